The zero-order valence-corrected chi connectivity index (χ0v) is 15.7. The molecule has 2 rings (SSSR count). The highest BCUT2D eigenvalue weighted by atomic mass is 16.5. The van der Waals surface area contributed by atoms with Crippen LogP contribution in [-0.4, -0.2) is 46.9 Å². The molecule has 0 saturated carbocycles. The molecule has 0 amide bonds. The van der Waals surface area contributed by atoms with Gasteiger partial charge in [0.15, 0.2) is 11.5 Å². The molecule has 0 atom stereocenters. The van der Waals surface area contributed by atoms with E-state index in [9.17, 15) is 0 Å². The number of methoxy groups -OCH3 is 3. The van der Waals surface area contributed by atoms with Gasteiger partial charge in [-0.2, -0.15) is 0 Å². The molecule has 0 N–H and O–H groups in total. The van der Waals surface area contributed by atoms with Crippen molar-refractivity contribution in [3.05, 3.63) is 53.1 Å². The molecule has 0 spiro atoms. The normalized spacial score (nSPS) is 11.1. The molecular formula is C21H27NO3. The summed E-state index contributed by atoms with van der Waals surface area (Å²) in [5, 5.41) is 0. The number of rotatable bonds is 8. The Bertz CT molecular complexity index is 706. The van der Waals surface area contributed by atoms with Gasteiger partial charge in [-0.15, -0.1) is 0 Å². The molecule has 0 unspecified atom stereocenters. The monoisotopic (exact) mass is 341 g/mol. The van der Waals surface area contributed by atoms with E-state index in [1.165, 1.54) is 5.56 Å². The number of hydrogen-bond donors (Lipinski definition) is 0. The van der Waals surface area contributed by atoms with Crippen LogP contribution in [0.15, 0.2) is 36.4 Å². The molecule has 0 radical (unpaired) electrons. The van der Waals surface area contributed by atoms with Gasteiger partial charge in [-0.3, -0.25) is 0 Å². The number of likely N-dealkylation sites (N-methyl/N-ethyl adjacent to an activating group) is 1. The molecule has 0 fully saturated rings. The minimum Gasteiger partial charge on any atom is -0.497 e. The van der Waals surface area contributed by atoms with Crippen LogP contribution in [-0.2, 0) is 6.42 Å². The first-order chi connectivity index (χ1) is 12.1. The summed E-state index contributed by atoms with van der Waals surface area (Å²) in [4.78, 5) is 2.17. The fourth-order valence-electron chi connectivity index (χ4n) is 2.55. The lowest BCUT2D eigenvalue weighted by Crippen LogP contribution is -2.15. The van der Waals surface area contributed by atoms with Gasteiger partial charge >= 0.3 is 0 Å². The van der Waals surface area contributed by atoms with Crippen LogP contribution in [0.4, 0.5) is 0 Å². The van der Waals surface area contributed by atoms with Crippen molar-refractivity contribution in [2.24, 2.45) is 0 Å². The summed E-state index contributed by atoms with van der Waals surface area (Å²) in [7, 11) is 9.15. The van der Waals surface area contributed by atoms with Crippen molar-refractivity contribution in [1.29, 1.82) is 0 Å². The second kappa shape index (κ2) is 9.14. The van der Waals surface area contributed by atoms with Gasteiger partial charge in [0.05, 0.1) is 21.3 Å². The Morgan fingerprint density at radius 2 is 1.48 bits per heavy atom. The smallest absolute Gasteiger partial charge is 0.161 e. The Morgan fingerprint density at radius 1 is 0.840 bits per heavy atom. The van der Waals surface area contributed by atoms with E-state index in [1.54, 1.807) is 21.3 Å². The summed E-state index contributed by atoms with van der Waals surface area (Å²) >= 11 is 0. The van der Waals surface area contributed by atoms with Gasteiger partial charge in [0.1, 0.15) is 5.75 Å². The predicted molar refractivity (Wildman–Crippen MR) is 104 cm³/mol. The summed E-state index contributed by atoms with van der Waals surface area (Å²) < 4.78 is 16.1. The standard InChI is InChI=1S/C21H27NO3/c1-22(2)13-12-18-15-21(25-5)20(24-4)14-17(18)9-6-16-7-10-19(23-3)11-8-16/h6-11,14-15H,12-13H2,1-5H3/b9-6-. The fourth-order valence-corrected chi connectivity index (χ4v) is 2.55. The lowest BCUT2D eigenvalue weighted by atomic mass is 10.0. The zero-order chi connectivity index (χ0) is 18.2. The number of nitrogens with zero attached hydrogens (tertiary/aromatic N) is 1. The molecule has 0 saturated heterocycles. The highest BCUT2D eigenvalue weighted by Gasteiger charge is 2.10. The third kappa shape index (κ3) is 5.26. The van der Waals surface area contributed by atoms with E-state index in [4.69, 9.17) is 14.2 Å². The molecule has 0 aliphatic heterocycles. The van der Waals surface area contributed by atoms with Crippen molar-refractivity contribution in [1.82, 2.24) is 4.90 Å². The molecule has 0 aliphatic rings. The van der Waals surface area contributed by atoms with Crippen molar-refractivity contribution < 1.29 is 14.2 Å². The van der Waals surface area contributed by atoms with Gasteiger partial charge in [0.25, 0.3) is 0 Å². The molecule has 4 heteroatoms. The Labute approximate surface area is 150 Å². The number of benzene rings is 2. The first kappa shape index (κ1) is 18.9. The summed E-state index contributed by atoms with van der Waals surface area (Å²) in [5.74, 6) is 2.36. The van der Waals surface area contributed by atoms with E-state index in [1.807, 2.05) is 30.3 Å². The van der Waals surface area contributed by atoms with E-state index in [2.05, 4.69) is 37.2 Å². The molecule has 25 heavy (non-hydrogen) atoms. The average Bonchev–Trinajstić information content (AvgIpc) is 2.64. The third-order valence-corrected chi connectivity index (χ3v) is 4.04. The van der Waals surface area contributed by atoms with Gasteiger partial charge in [-0.25, -0.2) is 0 Å². The SMILES string of the molecule is COc1ccc(/C=C\c2cc(OC)c(OC)cc2CCN(C)C)cc1. The average molecular weight is 341 g/mol. The van der Waals surface area contributed by atoms with Crippen LogP contribution in [0.1, 0.15) is 16.7 Å². The fraction of sp³-hybridized carbons (Fsp3) is 0.333. The number of ether oxygens (including phenoxy) is 3. The van der Waals surface area contributed by atoms with Gasteiger partial charge in [0, 0.05) is 6.54 Å². The van der Waals surface area contributed by atoms with Crippen LogP contribution in [0.25, 0.3) is 12.2 Å². The summed E-state index contributed by atoms with van der Waals surface area (Å²) in [6.45, 7) is 0.971. The lowest BCUT2D eigenvalue weighted by Gasteiger charge is -2.15. The Morgan fingerprint density at radius 3 is 2.04 bits per heavy atom. The number of hydrogen-bond acceptors (Lipinski definition) is 4. The lowest BCUT2D eigenvalue weighted by molar-refractivity contribution is 0.354. The second-order valence-electron chi connectivity index (χ2n) is 6.07. The van der Waals surface area contributed by atoms with Gasteiger partial charge < -0.3 is 19.1 Å². The quantitative estimate of drug-likeness (QED) is 0.680. The van der Waals surface area contributed by atoms with Crippen molar-refractivity contribution in [2.45, 2.75) is 6.42 Å². The van der Waals surface area contributed by atoms with Crippen LogP contribution in [0.3, 0.4) is 0 Å². The van der Waals surface area contributed by atoms with E-state index >= 15 is 0 Å². The molecule has 0 aromatic heterocycles. The van der Waals surface area contributed by atoms with E-state index in [0.717, 1.165) is 41.3 Å². The van der Waals surface area contributed by atoms with Crippen LogP contribution < -0.4 is 14.2 Å². The van der Waals surface area contributed by atoms with Crippen LogP contribution in [0, 0.1) is 0 Å². The summed E-state index contributed by atoms with van der Waals surface area (Å²) in [5.41, 5.74) is 3.49. The summed E-state index contributed by atoms with van der Waals surface area (Å²) in [6.07, 6.45) is 5.16. The molecule has 2 aromatic rings. The Kier molecular flexibility index (Phi) is 6.90. The maximum Gasteiger partial charge on any atom is 0.161 e. The van der Waals surface area contributed by atoms with E-state index < -0.39 is 0 Å². The van der Waals surface area contributed by atoms with E-state index in [0.29, 0.717) is 0 Å². The molecular weight excluding hydrogens is 314 g/mol. The van der Waals surface area contributed by atoms with E-state index in [-0.39, 0.29) is 0 Å². The molecule has 2 aromatic carbocycles. The van der Waals surface area contributed by atoms with Crippen molar-refractivity contribution in [3.63, 3.8) is 0 Å². The van der Waals surface area contributed by atoms with Crippen LogP contribution in [0.5, 0.6) is 17.2 Å². The predicted octanol–water partition coefficient (Wildman–Crippen LogP) is 3.99. The van der Waals surface area contributed by atoms with Crippen molar-refractivity contribution in [3.8, 4) is 17.2 Å². The molecule has 4 nitrogen and oxygen atoms in total. The highest BCUT2D eigenvalue weighted by Crippen LogP contribution is 2.32. The minimum absolute atomic E-state index is 0.741. The Balaban J connectivity index is 2.33. The zero-order valence-electron chi connectivity index (χ0n) is 15.7. The molecule has 0 heterocycles. The van der Waals surface area contributed by atoms with Crippen LogP contribution in [0.2, 0.25) is 0 Å². The first-order valence-electron chi connectivity index (χ1n) is 8.29. The topological polar surface area (TPSA) is 30.9 Å². The molecule has 0 aliphatic carbocycles. The van der Waals surface area contributed by atoms with Crippen LogP contribution >= 0.6 is 0 Å². The molecule has 0 bridgehead atoms. The third-order valence-electron chi connectivity index (χ3n) is 4.04. The van der Waals surface area contributed by atoms with Crippen molar-refractivity contribution >= 4 is 12.2 Å². The van der Waals surface area contributed by atoms with Gasteiger partial charge in [0.2, 0.25) is 0 Å². The maximum atomic E-state index is 5.45. The maximum absolute atomic E-state index is 5.45. The molecule has 134 valence electrons. The van der Waals surface area contributed by atoms with Gasteiger partial charge in [-0.1, -0.05) is 24.3 Å². The van der Waals surface area contributed by atoms with Gasteiger partial charge in [-0.05, 0) is 61.5 Å². The summed E-state index contributed by atoms with van der Waals surface area (Å²) in [6, 6.07) is 12.1. The highest BCUT2D eigenvalue weighted by molar-refractivity contribution is 5.73. The second-order valence-corrected chi connectivity index (χ2v) is 6.07. The Hall–Kier alpha value is -2.46. The largest absolute Gasteiger partial charge is 0.497 e. The van der Waals surface area contributed by atoms with Crippen molar-refractivity contribution in [2.75, 3.05) is 42.0 Å². The minimum atomic E-state index is 0.741. The first-order valence-corrected chi connectivity index (χ1v) is 8.29.